The van der Waals surface area contributed by atoms with Gasteiger partial charge in [-0.1, -0.05) is 79.7 Å². The summed E-state index contributed by atoms with van der Waals surface area (Å²) < 4.78 is 0. The van der Waals surface area contributed by atoms with E-state index in [-0.39, 0.29) is 5.41 Å². The van der Waals surface area contributed by atoms with Crippen LogP contribution in [0.3, 0.4) is 0 Å². The van der Waals surface area contributed by atoms with Gasteiger partial charge in [0.1, 0.15) is 0 Å². The third kappa shape index (κ3) is 3.86. The summed E-state index contributed by atoms with van der Waals surface area (Å²) in [7, 11) is 2.20. The van der Waals surface area contributed by atoms with Crippen LogP contribution in [0.15, 0.2) is 89.9 Å². The van der Waals surface area contributed by atoms with Crippen molar-refractivity contribution in [3.05, 3.63) is 102 Å². The second-order valence-corrected chi connectivity index (χ2v) is 7.79. The molecule has 0 amide bonds. The number of aliphatic imine (C=N–C) groups is 1. The Balaban J connectivity index is 1.69. The molecular formula is C25H26N2. The molecule has 4 rings (SSSR count). The lowest BCUT2D eigenvalue weighted by molar-refractivity contribution is 0.381. The van der Waals surface area contributed by atoms with Crippen molar-refractivity contribution in [1.82, 2.24) is 4.90 Å². The number of nitrogens with zero attached hydrogens (tertiary/aromatic N) is 2. The quantitative estimate of drug-likeness (QED) is 0.569. The smallest absolute Gasteiger partial charge is 0.0781 e. The van der Waals surface area contributed by atoms with Gasteiger partial charge in [-0.15, -0.1) is 0 Å². The van der Waals surface area contributed by atoms with Crippen molar-refractivity contribution < 1.29 is 0 Å². The number of hydrogen-bond donors (Lipinski definition) is 0. The molecule has 1 saturated heterocycles. The second kappa shape index (κ2) is 7.50. The molecule has 1 aliphatic rings. The molecule has 1 atom stereocenters. The monoisotopic (exact) mass is 354 g/mol. The third-order valence-electron chi connectivity index (χ3n) is 5.56. The van der Waals surface area contributed by atoms with Crippen LogP contribution < -0.4 is 0 Å². The van der Waals surface area contributed by atoms with E-state index >= 15 is 0 Å². The molecule has 136 valence electrons. The molecule has 0 N–H and O–H groups in total. The van der Waals surface area contributed by atoms with Gasteiger partial charge in [0.2, 0.25) is 0 Å². The van der Waals surface area contributed by atoms with Gasteiger partial charge in [0.25, 0.3) is 0 Å². The SMILES string of the molecule is CN1CC[C@@](C)(c2ccc(N=C(c3ccccc3)c3ccccc3)cc2)C1. The molecule has 0 bridgehead atoms. The average molecular weight is 354 g/mol. The molecular weight excluding hydrogens is 328 g/mol. The summed E-state index contributed by atoms with van der Waals surface area (Å²) in [6.07, 6.45) is 1.21. The number of rotatable bonds is 4. The highest BCUT2D eigenvalue weighted by Gasteiger charge is 2.33. The summed E-state index contributed by atoms with van der Waals surface area (Å²) in [4.78, 5) is 7.42. The zero-order chi connectivity index (χ0) is 18.7. The van der Waals surface area contributed by atoms with Gasteiger partial charge in [0.05, 0.1) is 11.4 Å². The Kier molecular flexibility index (Phi) is 4.91. The predicted octanol–water partition coefficient (Wildman–Crippen LogP) is 5.45. The van der Waals surface area contributed by atoms with Crippen LogP contribution in [-0.2, 0) is 5.41 Å². The van der Waals surface area contributed by atoms with Crippen LogP contribution in [0.2, 0.25) is 0 Å². The predicted molar refractivity (Wildman–Crippen MR) is 114 cm³/mol. The van der Waals surface area contributed by atoms with E-state index in [1.165, 1.54) is 18.5 Å². The lowest BCUT2D eigenvalue weighted by atomic mass is 9.82. The minimum atomic E-state index is 0.249. The molecule has 0 saturated carbocycles. The highest BCUT2D eigenvalue weighted by atomic mass is 15.1. The molecule has 2 heteroatoms. The molecule has 0 unspecified atom stereocenters. The molecule has 0 aromatic heterocycles. The summed E-state index contributed by atoms with van der Waals surface area (Å²) >= 11 is 0. The lowest BCUT2D eigenvalue weighted by Crippen LogP contribution is -2.25. The first-order valence-electron chi connectivity index (χ1n) is 9.63. The van der Waals surface area contributed by atoms with Crippen LogP contribution in [0.4, 0.5) is 5.69 Å². The number of likely N-dealkylation sites (tertiary alicyclic amines) is 1. The maximum Gasteiger partial charge on any atom is 0.0781 e. The number of benzene rings is 3. The van der Waals surface area contributed by atoms with E-state index in [4.69, 9.17) is 4.99 Å². The van der Waals surface area contributed by atoms with Crippen LogP contribution in [0.25, 0.3) is 0 Å². The van der Waals surface area contributed by atoms with E-state index in [1.54, 1.807) is 0 Å². The van der Waals surface area contributed by atoms with Crippen molar-refractivity contribution in [1.29, 1.82) is 0 Å². The Hall–Kier alpha value is -2.71. The van der Waals surface area contributed by atoms with E-state index in [9.17, 15) is 0 Å². The number of likely N-dealkylation sites (N-methyl/N-ethyl adjacent to an activating group) is 1. The molecule has 0 aliphatic carbocycles. The fourth-order valence-electron chi connectivity index (χ4n) is 3.98. The lowest BCUT2D eigenvalue weighted by Gasteiger charge is -2.24. The van der Waals surface area contributed by atoms with Gasteiger partial charge in [-0.3, -0.25) is 0 Å². The van der Waals surface area contributed by atoms with Gasteiger partial charge in [-0.25, -0.2) is 4.99 Å². The standard InChI is InChI=1S/C25H26N2/c1-25(17-18-27(2)19-25)22-13-15-23(16-14-22)26-24(20-9-5-3-6-10-20)21-11-7-4-8-12-21/h3-16H,17-19H2,1-2H3/t25-/m1/s1. The number of hydrogen-bond acceptors (Lipinski definition) is 2. The topological polar surface area (TPSA) is 15.6 Å². The minimum Gasteiger partial charge on any atom is -0.305 e. The van der Waals surface area contributed by atoms with Crippen molar-refractivity contribution >= 4 is 11.4 Å². The normalized spacial score (nSPS) is 19.8. The Bertz CT molecular complexity index is 872. The van der Waals surface area contributed by atoms with E-state index in [2.05, 4.69) is 91.7 Å². The molecule has 0 spiro atoms. The van der Waals surface area contributed by atoms with Gasteiger partial charge >= 0.3 is 0 Å². The third-order valence-corrected chi connectivity index (χ3v) is 5.56. The first-order chi connectivity index (χ1) is 13.1. The van der Waals surface area contributed by atoms with Gasteiger partial charge in [-0.05, 0) is 37.7 Å². The van der Waals surface area contributed by atoms with Crippen molar-refractivity contribution in [3.63, 3.8) is 0 Å². The summed E-state index contributed by atoms with van der Waals surface area (Å²) in [5.74, 6) is 0. The fourth-order valence-corrected chi connectivity index (χ4v) is 3.98. The van der Waals surface area contributed by atoms with Gasteiger partial charge in [0, 0.05) is 23.1 Å². The van der Waals surface area contributed by atoms with Gasteiger partial charge in [0.15, 0.2) is 0 Å². The Labute approximate surface area is 162 Å². The molecule has 2 nitrogen and oxygen atoms in total. The molecule has 1 fully saturated rings. The Morgan fingerprint density at radius 1 is 0.815 bits per heavy atom. The highest BCUT2D eigenvalue weighted by molar-refractivity contribution is 6.13. The molecule has 27 heavy (non-hydrogen) atoms. The maximum atomic E-state index is 5.01. The van der Waals surface area contributed by atoms with Crippen molar-refractivity contribution in [2.75, 3.05) is 20.1 Å². The fraction of sp³-hybridized carbons (Fsp3) is 0.240. The second-order valence-electron chi connectivity index (χ2n) is 7.79. The largest absolute Gasteiger partial charge is 0.305 e. The van der Waals surface area contributed by atoms with Crippen molar-refractivity contribution in [2.24, 2.45) is 4.99 Å². The Morgan fingerprint density at radius 2 is 1.37 bits per heavy atom. The molecule has 3 aromatic rings. The van der Waals surface area contributed by atoms with E-state index < -0.39 is 0 Å². The van der Waals surface area contributed by atoms with Crippen molar-refractivity contribution in [2.45, 2.75) is 18.8 Å². The van der Waals surface area contributed by atoms with E-state index in [0.29, 0.717) is 0 Å². The average Bonchev–Trinajstić information content (AvgIpc) is 3.08. The minimum absolute atomic E-state index is 0.249. The Morgan fingerprint density at radius 3 is 1.85 bits per heavy atom. The van der Waals surface area contributed by atoms with Gasteiger partial charge < -0.3 is 4.90 Å². The zero-order valence-corrected chi connectivity index (χ0v) is 16.1. The van der Waals surface area contributed by atoms with Crippen LogP contribution in [0, 0.1) is 0 Å². The molecule has 3 aromatic carbocycles. The highest BCUT2D eigenvalue weighted by Crippen LogP contribution is 2.34. The van der Waals surface area contributed by atoms with E-state index in [1.807, 2.05) is 12.1 Å². The first kappa shape index (κ1) is 17.7. The summed E-state index contributed by atoms with van der Waals surface area (Å²) in [5, 5.41) is 0. The first-order valence-corrected chi connectivity index (χ1v) is 9.63. The van der Waals surface area contributed by atoms with Crippen LogP contribution in [-0.4, -0.2) is 30.7 Å². The maximum absolute atomic E-state index is 5.01. The van der Waals surface area contributed by atoms with Crippen LogP contribution >= 0.6 is 0 Å². The van der Waals surface area contributed by atoms with Crippen LogP contribution in [0.1, 0.15) is 30.0 Å². The van der Waals surface area contributed by atoms with Gasteiger partial charge in [-0.2, -0.15) is 0 Å². The molecule has 0 radical (unpaired) electrons. The van der Waals surface area contributed by atoms with Crippen molar-refractivity contribution in [3.8, 4) is 0 Å². The molecule has 1 heterocycles. The van der Waals surface area contributed by atoms with E-state index in [0.717, 1.165) is 29.1 Å². The summed E-state index contributed by atoms with van der Waals surface area (Å²) in [6, 6.07) is 29.6. The summed E-state index contributed by atoms with van der Waals surface area (Å²) in [6.45, 7) is 4.66. The van der Waals surface area contributed by atoms with Crippen LogP contribution in [0.5, 0.6) is 0 Å². The summed E-state index contributed by atoms with van der Waals surface area (Å²) in [5.41, 5.74) is 5.94. The molecule has 1 aliphatic heterocycles. The zero-order valence-electron chi connectivity index (χ0n) is 16.1.